The average Bonchev–Trinajstić information content (AvgIpc) is 2.60. The highest BCUT2D eigenvalue weighted by Crippen LogP contribution is 2.27. The van der Waals surface area contributed by atoms with Crippen molar-refractivity contribution < 1.29 is 9.90 Å². The molecule has 17 heavy (non-hydrogen) atoms. The van der Waals surface area contributed by atoms with Crippen molar-refractivity contribution in [3.8, 4) is 0 Å². The number of fused-ring (bicyclic) bond motifs is 1. The van der Waals surface area contributed by atoms with Crippen LogP contribution < -0.4 is 0 Å². The van der Waals surface area contributed by atoms with Gasteiger partial charge in [0.2, 0.25) is 0 Å². The summed E-state index contributed by atoms with van der Waals surface area (Å²) in [5.74, 6) is -0.766. The molecule has 2 rings (SSSR count). The number of hydrogen-bond acceptors (Lipinski definition) is 3. The Labute approximate surface area is 104 Å². The molecule has 0 bridgehead atoms. The maximum Gasteiger partial charge on any atom is 0.309 e. The van der Waals surface area contributed by atoms with E-state index < -0.39 is 11.4 Å². The predicted octanol–water partition coefficient (Wildman–Crippen LogP) is 3.26. The fraction of sp³-hybridized carbons (Fsp3) is 0.385. The molecular formula is C13H15NO2S. The molecule has 0 unspecified atom stereocenters. The van der Waals surface area contributed by atoms with Crippen LogP contribution >= 0.6 is 11.5 Å². The van der Waals surface area contributed by atoms with E-state index in [0.29, 0.717) is 6.42 Å². The van der Waals surface area contributed by atoms with E-state index in [9.17, 15) is 4.79 Å². The number of benzene rings is 1. The molecule has 1 N–H and O–H groups in total. The van der Waals surface area contributed by atoms with Gasteiger partial charge in [-0.1, -0.05) is 6.07 Å². The molecule has 0 radical (unpaired) electrons. The Morgan fingerprint density at radius 1 is 1.47 bits per heavy atom. The van der Waals surface area contributed by atoms with E-state index >= 15 is 0 Å². The van der Waals surface area contributed by atoms with Gasteiger partial charge in [0, 0.05) is 5.39 Å². The Morgan fingerprint density at radius 3 is 2.82 bits per heavy atom. The number of nitrogens with zero attached hydrogens (tertiary/aromatic N) is 1. The fourth-order valence-corrected chi connectivity index (χ4v) is 2.57. The van der Waals surface area contributed by atoms with Gasteiger partial charge in [-0.25, -0.2) is 0 Å². The summed E-state index contributed by atoms with van der Waals surface area (Å²) in [6.45, 7) is 5.47. The maximum absolute atomic E-state index is 11.1. The van der Waals surface area contributed by atoms with Crippen molar-refractivity contribution in [2.75, 3.05) is 0 Å². The number of aliphatic carboxylic acids is 1. The van der Waals surface area contributed by atoms with Crippen LogP contribution in [0.15, 0.2) is 18.2 Å². The van der Waals surface area contributed by atoms with Crippen LogP contribution in [0, 0.1) is 12.3 Å². The highest BCUT2D eigenvalue weighted by atomic mass is 32.1. The first kappa shape index (κ1) is 12.0. The van der Waals surface area contributed by atoms with E-state index in [-0.39, 0.29) is 0 Å². The topological polar surface area (TPSA) is 50.2 Å². The third-order valence-electron chi connectivity index (χ3n) is 2.94. The van der Waals surface area contributed by atoms with Crippen LogP contribution in [0.2, 0.25) is 0 Å². The van der Waals surface area contributed by atoms with Crippen molar-refractivity contribution >= 4 is 27.6 Å². The second kappa shape index (κ2) is 4.11. The van der Waals surface area contributed by atoms with Crippen LogP contribution in [0.3, 0.4) is 0 Å². The summed E-state index contributed by atoms with van der Waals surface area (Å²) in [5.41, 5.74) is 1.33. The van der Waals surface area contributed by atoms with E-state index in [0.717, 1.165) is 21.3 Å². The molecule has 0 saturated heterocycles. The third kappa shape index (κ3) is 2.31. The summed E-state index contributed by atoms with van der Waals surface area (Å²) in [7, 11) is 0. The Morgan fingerprint density at radius 2 is 2.18 bits per heavy atom. The smallest absolute Gasteiger partial charge is 0.309 e. The maximum atomic E-state index is 11.1. The summed E-state index contributed by atoms with van der Waals surface area (Å²) in [5, 5.41) is 10.3. The van der Waals surface area contributed by atoms with E-state index in [4.69, 9.17) is 5.11 Å². The summed E-state index contributed by atoms with van der Waals surface area (Å²) >= 11 is 1.48. The van der Waals surface area contributed by atoms with E-state index in [1.807, 2.05) is 19.1 Å². The van der Waals surface area contributed by atoms with Gasteiger partial charge in [0.1, 0.15) is 0 Å². The zero-order valence-electron chi connectivity index (χ0n) is 10.2. The van der Waals surface area contributed by atoms with Crippen molar-refractivity contribution in [1.82, 2.24) is 4.37 Å². The minimum atomic E-state index is -0.766. The van der Waals surface area contributed by atoms with Crippen LogP contribution in [0.4, 0.5) is 0 Å². The third-order valence-corrected chi connectivity index (χ3v) is 3.86. The largest absolute Gasteiger partial charge is 0.481 e. The van der Waals surface area contributed by atoms with Crippen LogP contribution in [0.25, 0.3) is 10.1 Å². The number of rotatable bonds is 3. The molecule has 3 nitrogen and oxygen atoms in total. The zero-order chi connectivity index (χ0) is 12.6. The van der Waals surface area contributed by atoms with Crippen molar-refractivity contribution in [3.63, 3.8) is 0 Å². The predicted molar refractivity (Wildman–Crippen MR) is 69.5 cm³/mol. The SMILES string of the molecule is Cc1nsc2ccc(CC(C)(C)C(=O)O)cc12. The van der Waals surface area contributed by atoms with Gasteiger partial charge in [0.05, 0.1) is 15.8 Å². The highest BCUT2D eigenvalue weighted by Gasteiger charge is 2.27. The van der Waals surface area contributed by atoms with Crippen LogP contribution in [0.1, 0.15) is 25.1 Å². The number of carbonyl (C=O) groups is 1. The van der Waals surface area contributed by atoms with Gasteiger partial charge in [-0.05, 0) is 56.4 Å². The molecule has 2 aromatic rings. The average molecular weight is 249 g/mol. The minimum Gasteiger partial charge on any atom is -0.481 e. The van der Waals surface area contributed by atoms with Crippen LogP contribution in [-0.4, -0.2) is 15.4 Å². The lowest BCUT2D eigenvalue weighted by molar-refractivity contribution is -0.146. The molecule has 0 aliphatic rings. The van der Waals surface area contributed by atoms with Crippen molar-refractivity contribution in [2.45, 2.75) is 27.2 Å². The second-order valence-electron chi connectivity index (χ2n) is 4.96. The van der Waals surface area contributed by atoms with E-state index in [2.05, 4.69) is 10.4 Å². The van der Waals surface area contributed by atoms with E-state index in [1.165, 1.54) is 11.5 Å². The number of aryl methyl sites for hydroxylation is 1. The van der Waals surface area contributed by atoms with Gasteiger partial charge < -0.3 is 5.11 Å². The van der Waals surface area contributed by atoms with Crippen molar-refractivity contribution in [1.29, 1.82) is 0 Å². The van der Waals surface area contributed by atoms with Gasteiger partial charge in [0.25, 0.3) is 0 Å². The Hall–Kier alpha value is -1.42. The molecule has 1 aromatic heterocycles. The molecule has 4 heteroatoms. The normalized spacial score (nSPS) is 11.9. The number of carboxylic acids is 1. The number of aromatic nitrogens is 1. The Balaban J connectivity index is 2.37. The molecule has 0 spiro atoms. The fourth-order valence-electron chi connectivity index (χ4n) is 1.80. The molecule has 1 heterocycles. The van der Waals surface area contributed by atoms with Crippen LogP contribution in [-0.2, 0) is 11.2 Å². The molecule has 0 fully saturated rings. The molecule has 0 atom stereocenters. The van der Waals surface area contributed by atoms with Crippen molar-refractivity contribution in [3.05, 3.63) is 29.5 Å². The van der Waals surface area contributed by atoms with Gasteiger partial charge in [0.15, 0.2) is 0 Å². The standard InChI is InChI=1S/C13H15NO2S/c1-8-10-6-9(4-5-11(10)17-14-8)7-13(2,3)12(15)16/h4-6H,7H2,1-3H3,(H,15,16). The first-order chi connectivity index (χ1) is 7.90. The molecular weight excluding hydrogens is 234 g/mol. The van der Waals surface area contributed by atoms with Gasteiger partial charge in [-0.15, -0.1) is 0 Å². The zero-order valence-corrected chi connectivity index (χ0v) is 11.0. The summed E-state index contributed by atoms with van der Waals surface area (Å²) in [4.78, 5) is 11.1. The van der Waals surface area contributed by atoms with E-state index in [1.54, 1.807) is 13.8 Å². The minimum absolute atomic E-state index is 0.535. The monoisotopic (exact) mass is 249 g/mol. The quantitative estimate of drug-likeness (QED) is 0.908. The number of hydrogen-bond donors (Lipinski definition) is 1. The lowest BCUT2D eigenvalue weighted by Crippen LogP contribution is -2.26. The number of carboxylic acid groups (broad SMARTS) is 1. The summed E-state index contributed by atoms with van der Waals surface area (Å²) in [6, 6.07) is 6.07. The van der Waals surface area contributed by atoms with Crippen molar-refractivity contribution in [2.24, 2.45) is 5.41 Å². The summed E-state index contributed by atoms with van der Waals surface area (Å²) in [6.07, 6.45) is 0.535. The van der Waals surface area contributed by atoms with Crippen LogP contribution in [0.5, 0.6) is 0 Å². The molecule has 0 aliphatic heterocycles. The van der Waals surface area contributed by atoms with Gasteiger partial charge in [-0.3, -0.25) is 4.79 Å². The molecule has 0 amide bonds. The second-order valence-corrected chi connectivity index (χ2v) is 5.77. The molecule has 0 aliphatic carbocycles. The first-order valence-corrected chi connectivity index (χ1v) is 6.26. The molecule has 0 saturated carbocycles. The van der Waals surface area contributed by atoms with Gasteiger partial charge >= 0.3 is 5.97 Å². The van der Waals surface area contributed by atoms with Gasteiger partial charge in [-0.2, -0.15) is 4.37 Å². The highest BCUT2D eigenvalue weighted by molar-refractivity contribution is 7.13. The lowest BCUT2D eigenvalue weighted by Gasteiger charge is -2.18. The molecule has 90 valence electrons. The Bertz CT molecular complexity index is 572. The molecule has 1 aromatic carbocycles. The lowest BCUT2D eigenvalue weighted by atomic mass is 9.86. The first-order valence-electron chi connectivity index (χ1n) is 5.48. The summed E-state index contributed by atoms with van der Waals surface area (Å²) < 4.78 is 5.45. The Kier molecular flexibility index (Phi) is 2.91.